The molecule has 1 N–H and O–H groups in total. The van der Waals surface area contributed by atoms with Gasteiger partial charge in [0, 0.05) is 13.1 Å². The number of carbonyl (C=O) groups is 1. The molecule has 2 rings (SSSR count). The van der Waals surface area contributed by atoms with Crippen molar-refractivity contribution in [1.29, 1.82) is 0 Å². The van der Waals surface area contributed by atoms with Crippen molar-refractivity contribution in [2.45, 2.75) is 53.4 Å². The van der Waals surface area contributed by atoms with E-state index >= 15 is 0 Å². The van der Waals surface area contributed by atoms with Crippen LogP contribution in [-0.2, 0) is 24.1 Å². The molecule has 11 heteroatoms. The van der Waals surface area contributed by atoms with E-state index in [0.717, 1.165) is 5.69 Å². The summed E-state index contributed by atoms with van der Waals surface area (Å²) in [7, 11) is 0. The van der Waals surface area contributed by atoms with E-state index in [-0.39, 0.29) is 24.1 Å². The highest BCUT2D eigenvalue weighted by molar-refractivity contribution is 6.32. The van der Waals surface area contributed by atoms with Crippen molar-refractivity contribution < 1.29 is 18.0 Å². The Balaban J connectivity index is 1.85. The summed E-state index contributed by atoms with van der Waals surface area (Å²) in [6.07, 6.45) is -4.18. The number of hydrogen-bond donors (Lipinski definition) is 1. The van der Waals surface area contributed by atoms with E-state index in [1.807, 2.05) is 6.92 Å². The fourth-order valence-electron chi connectivity index (χ4n) is 2.73. The number of amides is 1. The molecule has 1 atom stereocenters. The van der Waals surface area contributed by atoms with Crippen LogP contribution in [-0.4, -0.2) is 32.0 Å². The summed E-state index contributed by atoms with van der Waals surface area (Å²) in [4.78, 5) is 12.2. The molecule has 0 aromatic carbocycles. The maximum absolute atomic E-state index is 12.8. The average molecular weight is 440 g/mol. The van der Waals surface area contributed by atoms with Crippen LogP contribution < -0.4 is 5.32 Å². The Labute approximate surface area is 171 Å². The second-order valence-corrected chi connectivity index (χ2v) is 7.44. The van der Waals surface area contributed by atoms with Crippen LogP contribution in [0.15, 0.2) is 0 Å². The van der Waals surface area contributed by atoms with Gasteiger partial charge in [0.2, 0.25) is 5.91 Å². The topological polar surface area (TPSA) is 64.7 Å². The van der Waals surface area contributed by atoms with Crippen molar-refractivity contribution in [3.63, 3.8) is 0 Å². The first kappa shape index (κ1) is 22.5. The zero-order chi connectivity index (χ0) is 21.2. The number of aromatic nitrogens is 4. The lowest BCUT2D eigenvalue weighted by Gasteiger charge is -2.13. The van der Waals surface area contributed by atoms with Gasteiger partial charge in [0.05, 0.1) is 39.6 Å². The normalized spacial score (nSPS) is 13.0. The Morgan fingerprint density at radius 2 is 1.71 bits per heavy atom. The van der Waals surface area contributed by atoms with Gasteiger partial charge in [0.25, 0.3) is 0 Å². The number of halogens is 5. The molecule has 0 bridgehead atoms. The highest BCUT2D eigenvalue weighted by atomic mass is 35.5. The quantitative estimate of drug-likeness (QED) is 0.658. The minimum Gasteiger partial charge on any atom is -0.356 e. The molecule has 0 saturated carbocycles. The standard InChI is InChI=1S/C17H22Cl2F3N5O/c1-9(8-27-11(3)13(18)10(2)24-27)16(28)23-6-5-7-26-12(4)14(19)15(25-26)17(20,21)22/h9H,5-8H2,1-4H3,(H,23,28). The molecule has 2 aromatic rings. The molecule has 0 saturated heterocycles. The predicted octanol–water partition coefficient (Wildman–Crippen LogP) is 4.17. The van der Waals surface area contributed by atoms with Gasteiger partial charge in [-0.05, 0) is 27.2 Å². The van der Waals surface area contributed by atoms with E-state index in [1.54, 1.807) is 18.5 Å². The molecule has 2 aromatic heterocycles. The van der Waals surface area contributed by atoms with Crippen molar-refractivity contribution in [1.82, 2.24) is 24.9 Å². The fourth-order valence-corrected chi connectivity index (χ4v) is 3.11. The third-order valence-corrected chi connectivity index (χ3v) is 5.43. The average Bonchev–Trinajstić information content (AvgIpc) is 3.03. The lowest BCUT2D eigenvalue weighted by molar-refractivity contribution is -0.141. The molecule has 0 aliphatic carbocycles. The van der Waals surface area contributed by atoms with Crippen LogP contribution in [0.1, 0.15) is 36.1 Å². The second-order valence-electron chi connectivity index (χ2n) is 6.68. The number of aryl methyl sites for hydroxylation is 2. The highest BCUT2D eigenvalue weighted by Crippen LogP contribution is 2.35. The summed E-state index contributed by atoms with van der Waals surface area (Å²) in [6.45, 7) is 7.78. The van der Waals surface area contributed by atoms with Gasteiger partial charge >= 0.3 is 6.18 Å². The van der Waals surface area contributed by atoms with E-state index in [1.165, 1.54) is 11.6 Å². The van der Waals surface area contributed by atoms with Crippen molar-refractivity contribution >= 4 is 29.1 Å². The smallest absolute Gasteiger partial charge is 0.356 e. The Morgan fingerprint density at radius 1 is 1.11 bits per heavy atom. The first-order valence-electron chi connectivity index (χ1n) is 8.70. The number of alkyl halides is 3. The number of carbonyl (C=O) groups excluding carboxylic acids is 1. The van der Waals surface area contributed by atoms with E-state index in [2.05, 4.69) is 15.5 Å². The van der Waals surface area contributed by atoms with Gasteiger partial charge in [0.15, 0.2) is 5.69 Å². The first-order valence-corrected chi connectivity index (χ1v) is 9.46. The third-order valence-electron chi connectivity index (χ3n) is 4.44. The molecule has 0 spiro atoms. The van der Waals surface area contributed by atoms with Crippen LogP contribution in [0, 0.1) is 26.7 Å². The summed E-state index contributed by atoms with van der Waals surface area (Å²) >= 11 is 11.8. The number of hydrogen-bond acceptors (Lipinski definition) is 3. The number of nitrogens with one attached hydrogen (secondary N) is 1. The SMILES string of the molecule is Cc1nn(CC(C)C(=O)NCCCn2nc(C(F)(F)F)c(Cl)c2C)c(C)c1Cl. The summed E-state index contributed by atoms with van der Waals surface area (Å²) in [5.41, 5.74) is 0.659. The molecule has 6 nitrogen and oxygen atoms in total. The van der Waals surface area contributed by atoms with E-state index in [0.29, 0.717) is 30.2 Å². The zero-order valence-corrected chi connectivity index (χ0v) is 17.5. The highest BCUT2D eigenvalue weighted by Gasteiger charge is 2.38. The third kappa shape index (κ3) is 5.00. The number of nitrogens with zero attached hydrogens (tertiary/aromatic N) is 4. The Kier molecular flexibility index (Phi) is 7.03. The minimum atomic E-state index is -4.59. The summed E-state index contributed by atoms with van der Waals surface area (Å²) in [5, 5.41) is 10.8. The summed E-state index contributed by atoms with van der Waals surface area (Å²) in [5.74, 6) is -0.512. The van der Waals surface area contributed by atoms with E-state index in [9.17, 15) is 18.0 Å². The monoisotopic (exact) mass is 439 g/mol. The van der Waals surface area contributed by atoms with Crippen molar-refractivity contribution in [2.24, 2.45) is 5.92 Å². The molecular weight excluding hydrogens is 418 g/mol. The molecule has 28 heavy (non-hydrogen) atoms. The Morgan fingerprint density at radius 3 is 2.21 bits per heavy atom. The van der Waals surface area contributed by atoms with Crippen LogP contribution in [0.5, 0.6) is 0 Å². The predicted molar refractivity (Wildman–Crippen MR) is 100 cm³/mol. The molecule has 1 unspecified atom stereocenters. The second kappa shape index (κ2) is 8.73. The van der Waals surface area contributed by atoms with Gasteiger partial charge < -0.3 is 5.32 Å². The van der Waals surface area contributed by atoms with Gasteiger partial charge in [0.1, 0.15) is 0 Å². The number of rotatable bonds is 7. The van der Waals surface area contributed by atoms with E-state index < -0.39 is 16.9 Å². The van der Waals surface area contributed by atoms with Crippen LogP contribution in [0.4, 0.5) is 13.2 Å². The van der Waals surface area contributed by atoms with Gasteiger partial charge in [-0.25, -0.2) is 0 Å². The molecule has 2 heterocycles. The largest absolute Gasteiger partial charge is 0.436 e. The molecular formula is C17H22Cl2F3N5O. The van der Waals surface area contributed by atoms with Crippen LogP contribution in [0.2, 0.25) is 10.0 Å². The van der Waals surface area contributed by atoms with Gasteiger partial charge in [-0.3, -0.25) is 14.2 Å². The summed E-state index contributed by atoms with van der Waals surface area (Å²) < 4.78 is 41.4. The van der Waals surface area contributed by atoms with Crippen molar-refractivity contribution in [3.05, 3.63) is 32.8 Å². The zero-order valence-electron chi connectivity index (χ0n) is 16.0. The Bertz CT molecular complexity index is 860. The van der Waals surface area contributed by atoms with E-state index in [4.69, 9.17) is 23.2 Å². The fraction of sp³-hybridized carbons (Fsp3) is 0.588. The molecule has 0 radical (unpaired) electrons. The molecule has 156 valence electrons. The molecule has 1 amide bonds. The molecule has 0 aliphatic rings. The maximum Gasteiger partial charge on any atom is 0.436 e. The lowest BCUT2D eigenvalue weighted by atomic mass is 10.1. The van der Waals surface area contributed by atoms with Crippen LogP contribution in [0.3, 0.4) is 0 Å². The van der Waals surface area contributed by atoms with Crippen LogP contribution >= 0.6 is 23.2 Å². The van der Waals surface area contributed by atoms with Gasteiger partial charge in [-0.1, -0.05) is 30.1 Å². The first-order chi connectivity index (χ1) is 12.9. The molecule has 0 fully saturated rings. The lowest BCUT2D eigenvalue weighted by Crippen LogP contribution is -2.33. The maximum atomic E-state index is 12.8. The Hall–Kier alpha value is -1.74. The van der Waals surface area contributed by atoms with Gasteiger partial charge in [-0.2, -0.15) is 23.4 Å². The van der Waals surface area contributed by atoms with Crippen LogP contribution in [0.25, 0.3) is 0 Å². The summed E-state index contributed by atoms with van der Waals surface area (Å²) in [6, 6.07) is 0. The van der Waals surface area contributed by atoms with Crippen molar-refractivity contribution in [2.75, 3.05) is 6.54 Å². The van der Waals surface area contributed by atoms with Crippen molar-refractivity contribution in [3.8, 4) is 0 Å². The van der Waals surface area contributed by atoms with Gasteiger partial charge in [-0.15, -0.1) is 0 Å². The molecule has 0 aliphatic heterocycles. The minimum absolute atomic E-state index is 0.171.